The molecule has 0 aromatic carbocycles. The van der Waals surface area contributed by atoms with Gasteiger partial charge in [0.25, 0.3) is 0 Å². The molecule has 0 spiro atoms. The summed E-state index contributed by atoms with van der Waals surface area (Å²) in [5.74, 6) is 0.565. The van der Waals surface area contributed by atoms with Crippen LogP contribution in [0.3, 0.4) is 0 Å². The number of hydrogen-bond donors (Lipinski definition) is 1. The monoisotopic (exact) mass is 199 g/mol. The molecule has 0 fully saturated rings. The van der Waals surface area contributed by atoms with Crippen LogP contribution in [-0.4, -0.2) is 10.2 Å². The standard InChI is InChI=1S/C9H17N3S/c1-3-5-6-7(4-2)8-11-12-9(10)13-8/h7H,3-6H2,1-2H3,(H2,10,12)/t7-/m0/s1. The number of rotatable bonds is 5. The Hall–Kier alpha value is -0.640. The van der Waals surface area contributed by atoms with E-state index in [1.807, 2.05) is 0 Å². The van der Waals surface area contributed by atoms with Crippen LogP contribution in [0.25, 0.3) is 0 Å². The molecule has 0 saturated carbocycles. The molecule has 1 atom stereocenters. The van der Waals surface area contributed by atoms with E-state index in [0.29, 0.717) is 11.0 Å². The van der Waals surface area contributed by atoms with Gasteiger partial charge in [0.05, 0.1) is 0 Å². The molecule has 1 aromatic rings. The van der Waals surface area contributed by atoms with Gasteiger partial charge in [-0.3, -0.25) is 0 Å². The molecule has 1 heterocycles. The predicted molar refractivity (Wildman–Crippen MR) is 56.9 cm³/mol. The number of nitrogens with zero attached hydrogens (tertiary/aromatic N) is 2. The molecule has 0 aliphatic heterocycles. The maximum atomic E-state index is 5.54. The van der Waals surface area contributed by atoms with Crippen LogP contribution in [-0.2, 0) is 0 Å². The van der Waals surface area contributed by atoms with Gasteiger partial charge in [0.2, 0.25) is 5.13 Å². The van der Waals surface area contributed by atoms with Crippen molar-refractivity contribution in [1.29, 1.82) is 0 Å². The maximum Gasteiger partial charge on any atom is 0.203 e. The summed E-state index contributed by atoms with van der Waals surface area (Å²) in [6, 6.07) is 0. The Morgan fingerprint density at radius 1 is 1.38 bits per heavy atom. The highest BCUT2D eigenvalue weighted by Crippen LogP contribution is 2.28. The van der Waals surface area contributed by atoms with Crippen molar-refractivity contribution < 1.29 is 0 Å². The molecule has 1 rings (SSSR count). The number of unbranched alkanes of at least 4 members (excludes halogenated alkanes) is 1. The van der Waals surface area contributed by atoms with Crippen molar-refractivity contribution in [2.75, 3.05) is 5.73 Å². The van der Waals surface area contributed by atoms with E-state index in [0.717, 1.165) is 11.4 Å². The van der Waals surface area contributed by atoms with Crippen molar-refractivity contribution in [3.63, 3.8) is 0 Å². The Labute approximate surface area is 83.4 Å². The van der Waals surface area contributed by atoms with Crippen molar-refractivity contribution in [3.8, 4) is 0 Å². The van der Waals surface area contributed by atoms with E-state index in [2.05, 4.69) is 24.0 Å². The SMILES string of the molecule is CCCC[C@H](CC)c1nnc(N)s1. The van der Waals surface area contributed by atoms with E-state index in [-0.39, 0.29) is 0 Å². The molecule has 2 N–H and O–H groups in total. The van der Waals surface area contributed by atoms with Crippen molar-refractivity contribution in [2.24, 2.45) is 0 Å². The van der Waals surface area contributed by atoms with Gasteiger partial charge in [0.15, 0.2) is 0 Å². The zero-order chi connectivity index (χ0) is 9.68. The number of nitrogen functional groups attached to an aromatic ring is 1. The van der Waals surface area contributed by atoms with E-state index in [4.69, 9.17) is 5.73 Å². The summed E-state index contributed by atoms with van der Waals surface area (Å²) >= 11 is 1.53. The van der Waals surface area contributed by atoms with Crippen molar-refractivity contribution in [1.82, 2.24) is 10.2 Å². The molecular formula is C9H17N3S. The Balaban J connectivity index is 2.56. The normalized spacial score (nSPS) is 13.1. The van der Waals surface area contributed by atoms with Crippen LogP contribution < -0.4 is 5.73 Å². The number of anilines is 1. The third-order valence-corrected chi connectivity index (χ3v) is 3.12. The first-order chi connectivity index (χ1) is 6.27. The van der Waals surface area contributed by atoms with E-state index in [1.165, 1.54) is 30.6 Å². The van der Waals surface area contributed by atoms with Gasteiger partial charge in [0.1, 0.15) is 5.01 Å². The van der Waals surface area contributed by atoms with Crippen molar-refractivity contribution >= 4 is 16.5 Å². The second-order valence-electron chi connectivity index (χ2n) is 3.23. The van der Waals surface area contributed by atoms with Crippen molar-refractivity contribution in [3.05, 3.63) is 5.01 Å². The Morgan fingerprint density at radius 2 is 2.15 bits per heavy atom. The third kappa shape index (κ3) is 2.95. The van der Waals surface area contributed by atoms with Gasteiger partial charge in [-0.25, -0.2) is 0 Å². The molecule has 0 radical (unpaired) electrons. The minimum Gasteiger partial charge on any atom is -0.374 e. The molecule has 0 aliphatic rings. The first kappa shape index (κ1) is 10.4. The van der Waals surface area contributed by atoms with Crippen LogP contribution in [0, 0.1) is 0 Å². The summed E-state index contributed by atoms with van der Waals surface area (Å²) < 4.78 is 0. The van der Waals surface area contributed by atoms with Crippen LogP contribution >= 0.6 is 11.3 Å². The fourth-order valence-electron chi connectivity index (χ4n) is 1.36. The second-order valence-corrected chi connectivity index (χ2v) is 4.27. The minimum absolute atomic E-state index is 0.565. The van der Waals surface area contributed by atoms with Crippen LogP contribution in [0.4, 0.5) is 5.13 Å². The molecule has 0 amide bonds. The largest absolute Gasteiger partial charge is 0.374 e. The first-order valence-electron chi connectivity index (χ1n) is 4.86. The average molecular weight is 199 g/mol. The van der Waals surface area contributed by atoms with Crippen LogP contribution in [0.1, 0.15) is 50.5 Å². The lowest BCUT2D eigenvalue weighted by molar-refractivity contribution is 0.563. The fourth-order valence-corrected chi connectivity index (χ4v) is 2.19. The topological polar surface area (TPSA) is 51.8 Å². The van der Waals surface area contributed by atoms with E-state index in [1.54, 1.807) is 0 Å². The van der Waals surface area contributed by atoms with E-state index >= 15 is 0 Å². The number of aromatic nitrogens is 2. The first-order valence-corrected chi connectivity index (χ1v) is 5.68. The van der Waals surface area contributed by atoms with Gasteiger partial charge < -0.3 is 5.73 Å². The molecule has 74 valence electrons. The molecule has 3 nitrogen and oxygen atoms in total. The zero-order valence-corrected chi connectivity index (χ0v) is 9.10. The lowest BCUT2D eigenvalue weighted by Gasteiger charge is -2.09. The van der Waals surface area contributed by atoms with Gasteiger partial charge >= 0.3 is 0 Å². The zero-order valence-electron chi connectivity index (χ0n) is 8.29. The fraction of sp³-hybridized carbons (Fsp3) is 0.778. The molecular weight excluding hydrogens is 182 g/mol. The molecule has 0 bridgehead atoms. The van der Waals surface area contributed by atoms with Crippen LogP contribution in [0.2, 0.25) is 0 Å². The summed E-state index contributed by atoms with van der Waals surface area (Å²) in [6.45, 7) is 4.40. The quantitative estimate of drug-likeness (QED) is 0.793. The third-order valence-electron chi connectivity index (χ3n) is 2.20. The van der Waals surface area contributed by atoms with Gasteiger partial charge in [-0.05, 0) is 12.8 Å². The maximum absolute atomic E-state index is 5.54. The number of nitrogens with two attached hydrogens (primary N) is 1. The van der Waals surface area contributed by atoms with Gasteiger partial charge in [0, 0.05) is 5.92 Å². The summed E-state index contributed by atoms with van der Waals surface area (Å²) in [4.78, 5) is 0. The predicted octanol–water partition coefficient (Wildman–Crippen LogP) is 2.80. The van der Waals surface area contributed by atoms with Gasteiger partial charge in [-0.1, -0.05) is 38.0 Å². The highest BCUT2D eigenvalue weighted by molar-refractivity contribution is 7.15. The van der Waals surface area contributed by atoms with Gasteiger partial charge in [-0.15, -0.1) is 10.2 Å². The molecule has 0 saturated heterocycles. The second kappa shape index (κ2) is 5.17. The number of hydrogen-bond acceptors (Lipinski definition) is 4. The molecule has 13 heavy (non-hydrogen) atoms. The Bertz CT molecular complexity index is 247. The Kier molecular flexibility index (Phi) is 4.15. The minimum atomic E-state index is 0.565. The van der Waals surface area contributed by atoms with Crippen molar-refractivity contribution in [2.45, 2.75) is 45.4 Å². The average Bonchev–Trinajstić information content (AvgIpc) is 2.54. The van der Waals surface area contributed by atoms with Crippen LogP contribution in [0.5, 0.6) is 0 Å². The Morgan fingerprint density at radius 3 is 2.62 bits per heavy atom. The lowest BCUT2D eigenvalue weighted by Crippen LogP contribution is -1.96. The summed E-state index contributed by atoms with van der Waals surface area (Å²) in [6.07, 6.45) is 4.85. The van der Waals surface area contributed by atoms with E-state index < -0.39 is 0 Å². The highest BCUT2D eigenvalue weighted by atomic mass is 32.1. The molecule has 4 heteroatoms. The summed E-state index contributed by atoms with van der Waals surface area (Å²) in [5, 5.41) is 9.62. The van der Waals surface area contributed by atoms with Crippen LogP contribution in [0.15, 0.2) is 0 Å². The summed E-state index contributed by atoms with van der Waals surface area (Å²) in [5.41, 5.74) is 5.54. The highest BCUT2D eigenvalue weighted by Gasteiger charge is 2.13. The lowest BCUT2D eigenvalue weighted by atomic mass is 10.0. The molecule has 1 aromatic heterocycles. The van der Waals surface area contributed by atoms with Gasteiger partial charge in [-0.2, -0.15) is 0 Å². The van der Waals surface area contributed by atoms with E-state index in [9.17, 15) is 0 Å². The summed E-state index contributed by atoms with van der Waals surface area (Å²) in [7, 11) is 0. The molecule has 0 aliphatic carbocycles. The molecule has 0 unspecified atom stereocenters. The smallest absolute Gasteiger partial charge is 0.203 e.